The molecule has 0 bridgehead atoms. The molecule has 0 radical (unpaired) electrons. The van der Waals surface area contributed by atoms with E-state index in [-0.39, 0.29) is 0 Å². The summed E-state index contributed by atoms with van der Waals surface area (Å²) in [5, 5.41) is 1.32. The third kappa shape index (κ3) is 3.73. The van der Waals surface area contributed by atoms with Crippen LogP contribution in [-0.4, -0.2) is 23.6 Å². The van der Waals surface area contributed by atoms with Crippen molar-refractivity contribution in [3.05, 3.63) is 59.9 Å². The first-order valence-electron chi connectivity index (χ1n) is 8.32. The van der Waals surface area contributed by atoms with Crippen LogP contribution in [0.5, 0.6) is 0 Å². The Morgan fingerprint density at radius 1 is 1.04 bits per heavy atom. The van der Waals surface area contributed by atoms with Crippen molar-refractivity contribution in [2.45, 2.75) is 32.7 Å². The fraction of sp³-hybridized carbons (Fsp3) is 0.350. The van der Waals surface area contributed by atoms with E-state index < -0.39 is 0 Å². The van der Waals surface area contributed by atoms with Crippen LogP contribution in [0.1, 0.15) is 24.1 Å². The van der Waals surface area contributed by atoms with Crippen LogP contribution in [0.25, 0.3) is 10.9 Å². The maximum absolute atomic E-state index is 4.74. The summed E-state index contributed by atoms with van der Waals surface area (Å²) in [5.74, 6) is 1.05. The van der Waals surface area contributed by atoms with Crippen LogP contribution in [0.2, 0.25) is 0 Å². The van der Waals surface area contributed by atoms with Crippen LogP contribution in [0.15, 0.2) is 48.7 Å². The molecule has 120 valence electrons. The number of pyridine rings is 1. The maximum atomic E-state index is 4.74. The fourth-order valence-electron chi connectivity index (χ4n) is 3.00. The zero-order valence-corrected chi connectivity index (χ0v) is 14.3. The predicted molar refractivity (Wildman–Crippen MR) is 98.2 cm³/mol. The number of fused-ring (bicyclic) bond motifs is 1. The molecular formula is C20H25N3. The number of benzene rings is 1. The zero-order valence-electron chi connectivity index (χ0n) is 14.3. The molecule has 2 aromatic heterocycles. The number of rotatable bonds is 6. The van der Waals surface area contributed by atoms with Gasteiger partial charge in [-0.1, -0.05) is 18.2 Å². The molecule has 0 N–H and O–H groups in total. The van der Waals surface area contributed by atoms with E-state index in [0.29, 0.717) is 0 Å². The third-order valence-corrected chi connectivity index (χ3v) is 4.23. The summed E-state index contributed by atoms with van der Waals surface area (Å²) < 4.78 is 2.35. The average Bonchev–Trinajstić information content (AvgIpc) is 2.94. The quantitative estimate of drug-likeness (QED) is 0.628. The molecule has 3 heteroatoms. The van der Waals surface area contributed by atoms with Gasteiger partial charge in [-0.3, -0.25) is 0 Å². The largest absolute Gasteiger partial charge is 0.363 e. The molecule has 1 aromatic carbocycles. The summed E-state index contributed by atoms with van der Waals surface area (Å²) in [6, 6.07) is 15.1. The second-order valence-electron chi connectivity index (χ2n) is 6.41. The van der Waals surface area contributed by atoms with Crippen LogP contribution < -0.4 is 4.90 Å². The minimum absolute atomic E-state index is 1.04. The topological polar surface area (TPSA) is 21.1 Å². The Balaban J connectivity index is 1.58. The molecule has 0 amide bonds. The normalized spacial score (nSPS) is 11.1. The Bertz CT molecular complexity index is 786. The molecule has 0 unspecified atom stereocenters. The van der Waals surface area contributed by atoms with Crippen molar-refractivity contribution in [3.63, 3.8) is 0 Å². The van der Waals surface area contributed by atoms with Gasteiger partial charge in [-0.15, -0.1) is 0 Å². The van der Waals surface area contributed by atoms with Gasteiger partial charge in [0.05, 0.1) is 0 Å². The molecule has 23 heavy (non-hydrogen) atoms. The van der Waals surface area contributed by atoms with Crippen LogP contribution in [0.3, 0.4) is 0 Å². The van der Waals surface area contributed by atoms with E-state index in [0.717, 1.165) is 25.2 Å². The number of hydrogen-bond donors (Lipinski definition) is 0. The second-order valence-corrected chi connectivity index (χ2v) is 6.41. The molecule has 3 rings (SSSR count). The van der Waals surface area contributed by atoms with Crippen molar-refractivity contribution in [1.29, 1.82) is 0 Å². The molecule has 3 nitrogen and oxygen atoms in total. The standard InChI is InChI=1S/C20H25N3/c1-16-14-18(21-20(15-16)22(2)3)9-6-7-12-23-13-11-17-8-4-5-10-19(17)23/h4-5,8,10-11,13-15H,6-7,9,12H2,1-3H3. The lowest BCUT2D eigenvalue weighted by molar-refractivity contribution is 0.620. The molecule has 0 saturated carbocycles. The number of aromatic nitrogens is 2. The molecule has 0 fully saturated rings. The van der Waals surface area contributed by atoms with Crippen LogP contribution in [0, 0.1) is 6.92 Å². The van der Waals surface area contributed by atoms with Crippen molar-refractivity contribution < 1.29 is 0 Å². The number of nitrogens with zero attached hydrogens (tertiary/aromatic N) is 3. The highest BCUT2D eigenvalue weighted by Crippen LogP contribution is 2.17. The van der Waals surface area contributed by atoms with Crippen molar-refractivity contribution in [2.75, 3.05) is 19.0 Å². The second kappa shape index (κ2) is 6.86. The van der Waals surface area contributed by atoms with Gasteiger partial charge in [-0.05, 0) is 61.4 Å². The van der Waals surface area contributed by atoms with Gasteiger partial charge in [0.2, 0.25) is 0 Å². The predicted octanol–water partition coefficient (Wildman–Crippen LogP) is 4.43. The summed E-state index contributed by atoms with van der Waals surface area (Å²) in [6.07, 6.45) is 5.57. The lowest BCUT2D eigenvalue weighted by Gasteiger charge is -2.14. The minimum atomic E-state index is 1.04. The van der Waals surface area contributed by atoms with Gasteiger partial charge in [-0.2, -0.15) is 0 Å². The highest BCUT2D eigenvalue weighted by molar-refractivity contribution is 5.79. The molecule has 0 aliphatic rings. The molecule has 3 aromatic rings. The van der Waals surface area contributed by atoms with E-state index in [1.54, 1.807) is 0 Å². The molecule has 0 spiro atoms. The number of para-hydroxylation sites is 1. The molecule has 0 saturated heterocycles. The first kappa shape index (κ1) is 15.6. The van der Waals surface area contributed by atoms with E-state index in [4.69, 9.17) is 4.98 Å². The number of anilines is 1. The molecule has 0 atom stereocenters. The summed E-state index contributed by atoms with van der Waals surface area (Å²) >= 11 is 0. The summed E-state index contributed by atoms with van der Waals surface area (Å²) in [6.45, 7) is 3.21. The van der Waals surface area contributed by atoms with E-state index in [9.17, 15) is 0 Å². The first-order chi connectivity index (χ1) is 11.1. The molecular weight excluding hydrogens is 282 g/mol. The van der Waals surface area contributed by atoms with E-state index >= 15 is 0 Å². The zero-order chi connectivity index (χ0) is 16.2. The summed E-state index contributed by atoms with van der Waals surface area (Å²) in [5.41, 5.74) is 3.82. The van der Waals surface area contributed by atoms with Gasteiger partial charge in [0.15, 0.2) is 0 Å². The van der Waals surface area contributed by atoms with Crippen molar-refractivity contribution >= 4 is 16.7 Å². The van der Waals surface area contributed by atoms with Crippen LogP contribution >= 0.6 is 0 Å². The summed E-state index contributed by atoms with van der Waals surface area (Å²) in [7, 11) is 4.09. The van der Waals surface area contributed by atoms with E-state index in [2.05, 4.69) is 65.1 Å². The highest BCUT2D eigenvalue weighted by Gasteiger charge is 2.03. The first-order valence-corrected chi connectivity index (χ1v) is 8.32. The number of unbranched alkanes of at least 4 members (excludes halogenated alkanes) is 1. The van der Waals surface area contributed by atoms with Crippen molar-refractivity contribution in [2.24, 2.45) is 0 Å². The maximum Gasteiger partial charge on any atom is 0.128 e. The lowest BCUT2D eigenvalue weighted by atomic mass is 10.1. The van der Waals surface area contributed by atoms with Crippen molar-refractivity contribution in [1.82, 2.24) is 9.55 Å². The number of aryl methyl sites for hydroxylation is 3. The van der Waals surface area contributed by atoms with Gasteiger partial charge < -0.3 is 9.47 Å². The van der Waals surface area contributed by atoms with Gasteiger partial charge in [0.25, 0.3) is 0 Å². The number of hydrogen-bond acceptors (Lipinski definition) is 2. The van der Waals surface area contributed by atoms with E-state index in [1.807, 2.05) is 14.1 Å². The molecule has 0 aliphatic heterocycles. The van der Waals surface area contributed by atoms with Gasteiger partial charge >= 0.3 is 0 Å². The average molecular weight is 307 g/mol. The molecule has 2 heterocycles. The Labute approximate surface area is 138 Å². The Morgan fingerprint density at radius 3 is 2.70 bits per heavy atom. The monoisotopic (exact) mass is 307 g/mol. The van der Waals surface area contributed by atoms with Gasteiger partial charge in [-0.25, -0.2) is 4.98 Å². The summed E-state index contributed by atoms with van der Waals surface area (Å²) in [4.78, 5) is 6.81. The third-order valence-electron chi connectivity index (χ3n) is 4.23. The lowest BCUT2D eigenvalue weighted by Crippen LogP contribution is -2.12. The van der Waals surface area contributed by atoms with E-state index in [1.165, 1.54) is 28.6 Å². The van der Waals surface area contributed by atoms with Gasteiger partial charge in [0.1, 0.15) is 5.82 Å². The van der Waals surface area contributed by atoms with Crippen LogP contribution in [0.4, 0.5) is 5.82 Å². The smallest absolute Gasteiger partial charge is 0.128 e. The Kier molecular flexibility index (Phi) is 4.65. The highest BCUT2D eigenvalue weighted by atomic mass is 15.1. The van der Waals surface area contributed by atoms with Gasteiger partial charge in [0, 0.05) is 38.0 Å². The Morgan fingerprint density at radius 2 is 1.87 bits per heavy atom. The van der Waals surface area contributed by atoms with Crippen molar-refractivity contribution in [3.8, 4) is 0 Å². The minimum Gasteiger partial charge on any atom is -0.363 e. The fourth-order valence-corrected chi connectivity index (χ4v) is 3.00. The Hall–Kier alpha value is -2.29. The molecule has 0 aliphatic carbocycles. The SMILES string of the molecule is Cc1cc(CCCCn2ccc3ccccc32)nc(N(C)C)c1. The van der Waals surface area contributed by atoms with Crippen LogP contribution in [-0.2, 0) is 13.0 Å².